The van der Waals surface area contributed by atoms with Gasteiger partial charge in [-0.3, -0.25) is 9.69 Å². The maximum atomic E-state index is 12.9. The first-order valence-electron chi connectivity index (χ1n) is 15.7. The minimum Gasteiger partial charge on any atom is -0.460 e. The Balaban J connectivity index is 1.12. The molecule has 9 nitrogen and oxygen atoms in total. The molecular weight excluding hydrogens is 568 g/mol. The number of aliphatic hydroxyl groups is 1. The zero-order valence-electron chi connectivity index (χ0n) is 26.1. The van der Waals surface area contributed by atoms with Gasteiger partial charge in [0.15, 0.2) is 0 Å². The third-order valence-corrected chi connectivity index (χ3v) is 8.12. The lowest BCUT2D eigenvalue weighted by molar-refractivity contribution is 0.0761. The summed E-state index contributed by atoms with van der Waals surface area (Å²) in [5.74, 6) is 2.73. The Morgan fingerprint density at radius 1 is 0.911 bits per heavy atom. The number of carbonyl (C=O) groups is 2. The highest BCUT2D eigenvalue weighted by Crippen LogP contribution is 2.29. The van der Waals surface area contributed by atoms with Gasteiger partial charge in [0, 0.05) is 41.6 Å². The summed E-state index contributed by atoms with van der Waals surface area (Å²) in [6.07, 6.45) is 3.16. The van der Waals surface area contributed by atoms with E-state index in [2.05, 4.69) is 20.9 Å². The van der Waals surface area contributed by atoms with Gasteiger partial charge in [0.2, 0.25) is 0 Å². The molecule has 1 saturated heterocycles. The van der Waals surface area contributed by atoms with E-state index < -0.39 is 0 Å². The zero-order chi connectivity index (χ0) is 31.8. The molecule has 2 heterocycles. The van der Waals surface area contributed by atoms with Gasteiger partial charge in [-0.15, -0.1) is 0 Å². The molecule has 0 aliphatic carbocycles. The topological polar surface area (TPSA) is 116 Å². The van der Waals surface area contributed by atoms with Crippen molar-refractivity contribution in [2.75, 3.05) is 23.7 Å². The van der Waals surface area contributed by atoms with Crippen LogP contribution in [0.2, 0.25) is 0 Å². The average Bonchev–Trinajstić information content (AvgIpc) is 3.51. The largest absolute Gasteiger partial charge is 0.460 e. The Kier molecular flexibility index (Phi) is 10.5. The third kappa shape index (κ3) is 8.74. The number of aliphatic hydroxyl groups excluding tert-OH is 1. The minimum absolute atomic E-state index is 0.149. The van der Waals surface area contributed by atoms with Gasteiger partial charge in [0.05, 0.1) is 12.6 Å². The highest BCUT2D eigenvalue weighted by molar-refractivity contribution is 6.04. The Morgan fingerprint density at radius 2 is 1.60 bits per heavy atom. The van der Waals surface area contributed by atoms with Crippen LogP contribution in [0.1, 0.15) is 61.2 Å². The Bertz CT molecular complexity index is 1570. The van der Waals surface area contributed by atoms with Gasteiger partial charge in [-0.05, 0) is 105 Å². The van der Waals surface area contributed by atoms with Crippen LogP contribution in [-0.2, 0) is 6.54 Å². The molecule has 0 atom stereocenters. The second kappa shape index (κ2) is 14.9. The van der Waals surface area contributed by atoms with E-state index in [1.54, 1.807) is 36.4 Å². The van der Waals surface area contributed by atoms with Crippen LogP contribution in [0, 0.1) is 6.92 Å². The molecule has 0 saturated carbocycles. The quantitative estimate of drug-likeness (QED) is 0.139. The van der Waals surface area contributed by atoms with Crippen molar-refractivity contribution in [3.8, 4) is 22.8 Å². The summed E-state index contributed by atoms with van der Waals surface area (Å²) in [5.41, 5.74) is 3.66. The number of nitrogens with zero attached hydrogens (tertiary/aromatic N) is 1. The van der Waals surface area contributed by atoms with E-state index in [4.69, 9.17) is 9.15 Å². The lowest BCUT2D eigenvalue weighted by Gasteiger charge is -2.28. The summed E-state index contributed by atoms with van der Waals surface area (Å²) < 4.78 is 12.1. The number of piperidine rings is 1. The van der Waals surface area contributed by atoms with Gasteiger partial charge >= 0.3 is 6.03 Å². The highest BCUT2D eigenvalue weighted by Gasteiger charge is 2.18. The van der Waals surface area contributed by atoms with E-state index >= 15 is 0 Å². The van der Waals surface area contributed by atoms with Crippen LogP contribution in [0.15, 0.2) is 83.3 Å². The number of hydrogen-bond acceptors (Lipinski definition) is 6. The summed E-state index contributed by atoms with van der Waals surface area (Å²) in [5, 5.41) is 18.5. The van der Waals surface area contributed by atoms with Gasteiger partial charge in [0.1, 0.15) is 23.0 Å². The van der Waals surface area contributed by atoms with Crippen LogP contribution < -0.4 is 20.7 Å². The molecule has 3 amide bonds. The predicted octanol–water partition coefficient (Wildman–Crippen LogP) is 7.57. The van der Waals surface area contributed by atoms with E-state index in [-0.39, 0.29) is 24.1 Å². The fraction of sp³-hybridized carbons (Fsp3) is 0.333. The number of furan rings is 1. The molecule has 0 bridgehead atoms. The molecule has 1 aliphatic heterocycles. The normalized spacial score (nSPS) is 13.9. The fourth-order valence-corrected chi connectivity index (χ4v) is 5.33. The minimum atomic E-state index is -0.219. The number of aryl methyl sites for hydroxylation is 1. The second-order valence-electron chi connectivity index (χ2n) is 11.5. The van der Waals surface area contributed by atoms with Crippen LogP contribution in [0.25, 0.3) is 11.3 Å². The third-order valence-electron chi connectivity index (χ3n) is 8.12. The summed E-state index contributed by atoms with van der Waals surface area (Å²) in [6, 6.07) is 23.9. The molecule has 5 rings (SSSR count). The van der Waals surface area contributed by atoms with E-state index in [1.165, 1.54) is 0 Å². The lowest BCUT2D eigenvalue weighted by atomic mass is 10.1. The predicted molar refractivity (Wildman–Crippen MR) is 177 cm³/mol. The molecule has 4 N–H and O–H groups in total. The standard InChI is InChI=1S/C36H42N4O5/c1-4-27(5-2)38-36(43)39-29-12-16-33(24(3)22-29)44-31-13-10-28(11-14-31)37-35(42)26-8-6-25(7-9-26)34-17-15-32(45-34)23-40-20-18-30(41)19-21-40/h6-17,22,27,30,41H,4-5,18-21,23H2,1-3H3,(H,37,42)(H2,38,39,43). The summed E-state index contributed by atoms with van der Waals surface area (Å²) in [7, 11) is 0. The van der Waals surface area contributed by atoms with Crippen molar-refractivity contribution in [1.29, 1.82) is 0 Å². The number of ether oxygens (including phenoxy) is 1. The van der Waals surface area contributed by atoms with Gasteiger partial charge in [-0.25, -0.2) is 4.79 Å². The average molecular weight is 611 g/mol. The summed E-state index contributed by atoms with van der Waals surface area (Å²) in [4.78, 5) is 27.5. The summed E-state index contributed by atoms with van der Waals surface area (Å²) >= 11 is 0. The maximum Gasteiger partial charge on any atom is 0.319 e. The van der Waals surface area contributed by atoms with Crippen LogP contribution in [0.5, 0.6) is 11.5 Å². The maximum absolute atomic E-state index is 12.9. The lowest BCUT2D eigenvalue weighted by Crippen LogP contribution is -2.37. The number of hydrogen-bond donors (Lipinski definition) is 4. The number of amides is 3. The van der Waals surface area contributed by atoms with E-state index in [1.807, 2.05) is 63.2 Å². The number of rotatable bonds is 11. The van der Waals surface area contributed by atoms with E-state index in [0.29, 0.717) is 28.4 Å². The number of urea groups is 1. The smallest absolute Gasteiger partial charge is 0.319 e. The SMILES string of the molecule is CCC(CC)NC(=O)Nc1ccc(Oc2ccc(NC(=O)c3ccc(-c4ccc(CN5CCC(O)CC5)o4)cc3)cc2)c(C)c1. The molecule has 4 aromatic rings. The zero-order valence-corrected chi connectivity index (χ0v) is 26.1. The molecule has 9 heteroatoms. The van der Waals surface area contributed by atoms with Crippen molar-refractivity contribution in [2.45, 2.75) is 65.1 Å². The van der Waals surface area contributed by atoms with Crippen molar-refractivity contribution in [2.24, 2.45) is 0 Å². The van der Waals surface area contributed by atoms with Crippen LogP contribution >= 0.6 is 0 Å². The number of anilines is 2. The Labute approximate surface area is 264 Å². The first-order valence-corrected chi connectivity index (χ1v) is 15.7. The van der Waals surface area contributed by atoms with Gasteiger partial charge in [-0.2, -0.15) is 0 Å². The molecule has 1 aromatic heterocycles. The molecule has 45 heavy (non-hydrogen) atoms. The Morgan fingerprint density at radius 3 is 2.27 bits per heavy atom. The first kappa shape index (κ1) is 31.8. The molecule has 1 aliphatic rings. The van der Waals surface area contributed by atoms with Crippen LogP contribution in [-0.4, -0.2) is 47.2 Å². The number of carbonyl (C=O) groups excluding carboxylic acids is 2. The number of nitrogens with one attached hydrogen (secondary N) is 3. The molecular formula is C36H42N4O5. The van der Waals surface area contributed by atoms with Crippen molar-refractivity contribution in [3.63, 3.8) is 0 Å². The molecule has 0 unspecified atom stereocenters. The van der Waals surface area contributed by atoms with E-state index in [0.717, 1.165) is 68.0 Å². The second-order valence-corrected chi connectivity index (χ2v) is 11.5. The molecule has 3 aromatic carbocycles. The number of benzene rings is 3. The van der Waals surface area contributed by atoms with Crippen molar-refractivity contribution >= 4 is 23.3 Å². The van der Waals surface area contributed by atoms with Crippen LogP contribution in [0.3, 0.4) is 0 Å². The van der Waals surface area contributed by atoms with Gasteiger partial charge in [-0.1, -0.05) is 26.0 Å². The fourth-order valence-electron chi connectivity index (χ4n) is 5.33. The van der Waals surface area contributed by atoms with Crippen molar-refractivity contribution in [3.05, 3.63) is 95.7 Å². The number of likely N-dealkylation sites (tertiary alicyclic amines) is 1. The Hall–Kier alpha value is -4.60. The highest BCUT2D eigenvalue weighted by atomic mass is 16.5. The summed E-state index contributed by atoms with van der Waals surface area (Å²) in [6.45, 7) is 8.47. The molecule has 1 fully saturated rings. The molecule has 0 radical (unpaired) electrons. The van der Waals surface area contributed by atoms with E-state index in [9.17, 15) is 14.7 Å². The van der Waals surface area contributed by atoms with Crippen LogP contribution in [0.4, 0.5) is 16.2 Å². The van der Waals surface area contributed by atoms with Crippen molar-refractivity contribution in [1.82, 2.24) is 10.2 Å². The molecule has 0 spiro atoms. The first-order chi connectivity index (χ1) is 21.8. The monoisotopic (exact) mass is 610 g/mol. The van der Waals surface area contributed by atoms with Gasteiger partial charge in [0.25, 0.3) is 5.91 Å². The molecule has 236 valence electrons. The van der Waals surface area contributed by atoms with Crippen molar-refractivity contribution < 1.29 is 23.8 Å². The van der Waals surface area contributed by atoms with Gasteiger partial charge < -0.3 is 30.2 Å².